The van der Waals surface area contributed by atoms with Crippen LogP contribution in [0, 0.1) is 18.6 Å². The van der Waals surface area contributed by atoms with Crippen LogP contribution in [0.3, 0.4) is 0 Å². The molecule has 0 aliphatic rings. The van der Waals surface area contributed by atoms with Crippen LogP contribution < -0.4 is 15.2 Å². The molecule has 0 saturated carbocycles. The number of ether oxygens (including phenoxy) is 3. The van der Waals surface area contributed by atoms with Gasteiger partial charge in [-0.25, -0.2) is 13.6 Å². The van der Waals surface area contributed by atoms with Gasteiger partial charge in [0.05, 0.1) is 18.2 Å². The van der Waals surface area contributed by atoms with Gasteiger partial charge < -0.3 is 14.2 Å². The van der Waals surface area contributed by atoms with Crippen molar-refractivity contribution in [3.8, 4) is 23.3 Å². The third-order valence-corrected chi connectivity index (χ3v) is 6.56. The highest BCUT2D eigenvalue weighted by molar-refractivity contribution is 5.92. The van der Waals surface area contributed by atoms with Crippen LogP contribution in [-0.4, -0.2) is 41.8 Å². The van der Waals surface area contributed by atoms with Crippen molar-refractivity contribution in [1.29, 1.82) is 0 Å². The van der Waals surface area contributed by atoms with Gasteiger partial charge in [0.15, 0.2) is 23.6 Å². The Morgan fingerprint density at radius 1 is 1.02 bits per heavy atom. The Hall–Kier alpha value is -4.92. The van der Waals surface area contributed by atoms with Crippen LogP contribution in [-0.2, 0) is 24.5 Å². The van der Waals surface area contributed by atoms with Crippen molar-refractivity contribution in [3.63, 3.8) is 0 Å². The van der Waals surface area contributed by atoms with E-state index in [1.165, 1.54) is 17.6 Å². The van der Waals surface area contributed by atoms with Crippen molar-refractivity contribution in [2.75, 3.05) is 0 Å². The minimum Gasteiger partial charge on any atom is -0.464 e. The monoisotopic (exact) mass is 616 g/mol. The first-order valence-electron chi connectivity index (χ1n) is 13.3. The second kappa shape index (κ2) is 12.4. The van der Waals surface area contributed by atoms with Gasteiger partial charge in [-0.05, 0) is 50.1 Å². The van der Waals surface area contributed by atoms with Crippen molar-refractivity contribution < 1.29 is 36.2 Å². The van der Waals surface area contributed by atoms with E-state index in [9.17, 15) is 22.4 Å². The fraction of sp³-hybridized carbons (Fsp3) is 0.276. The standard InChI is InChI=1S/C29H25F5N6O4/c1-4-39-22(15-42-14-18-8-6-5-7-9-18)38-40(28(39)41)25-24(31)20-13-35-37-27(44-21-11-10-19(30)12-16(21)2)23(20)26(36-25)43-17(3)29(32,33)34/h5-13,17H,4,14-15H2,1-3H3/t17-/m0/s1. The van der Waals surface area contributed by atoms with Crippen LogP contribution in [0.2, 0.25) is 0 Å². The molecule has 0 bridgehead atoms. The van der Waals surface area contributed by atoms with Gasteiger partial charge in [0.1, 0.15) is 23.6 Å². The molecule has 0 amide bonds. The maximum atomic E-state index is 16.1. The quantitative estimate of drug-likeness (QED) is 0.181. The Balaban J connectivity index is 1.62. The first kappa shape index (κ1) is 30.5. The Morgan fingerprint density at radius 2 is 1.77 bits per heavy atom. The predicted molar refractivity (Wildman–Crippen MR) is 147 cm³/mol. The first-order chi connectivity index (χ1) is 21.0. The lowest BCUT2D eigenvalue weighted by Gasteiger charge is -2.19. The van der Waals surface area contributed by atoms with Gasteiger partial charge >= 0.3 is 11.9 Å². The van der Waals surface area contributed by atoms with E-state index in [4.69, 9.17) is 14.2 Å². The fourth-order valence-electron chi connectivity index (χ4n) is 4.26. The van der Waals surface area contributed by atoms with Crippen molar-refractivity contribution in [1.82, 2.24) is 29.5 Å². The smallest absolute Gasteiger partial charge is 0.425 e. The molecule has 0 radical (unpaired) electrons. The molecule has 3 heterocycles. The molecule has 0 unspecified atom stereocenters. The Morgan fingerprint density at radius 3 is 2.45 bits per heavy atom. The summed E-state index contributed by atoms with van der Waals surface area (Å²) in [6.07, 6.45) is -6.31. The number of fused-ring (bicyclic) bond motifs is 1. The molecule has 1 atom stereocenters. The van der Waals surface area contributed by atoms with Gasteiger partial charge in [-0.15, -0.1) is 10.2 Å². The molecule has 15 heteroatoms. The second-order valence-electron chi connectivity index (χ2n) is 9.64. The number of hydrogen-bond acceptors (Lipinski definition) is 8. The molecule has 0 N–H and O–H groups in total. The highest BCUT2D eigenvalue weighted by Crippen LogP contribution is 2.38. The largest absolute Gasteiger partial charge is 0.464 e. The first-order valence-corrected chi connectivity index (χ1v) is 13.3. The number of benzene rings is 2. The van der Waals surface area contributed by atoms with Gasteiger partial charge in [-0.3, -0.25) is 4.57 Å². The molecular weight excluding hydrogens is 591 g/mol. The molecule has 44 heavy (non-hydrogen) atoms. The van der Waals surface area contributed by atoms with Crippen molar-refractivity contribution in [2.45, 2.75) is 52.8 Å². The average molecular weight is 617 g/mol. The Bertz CT molecular complexity index is 1860. The fourth-order valence-corrected chi connectivity index (χ4v) is 4.26. The number of aromatic nitrogens is 6. The number of aryl methyl sites for hydroxylation is 1. The highest BCUT2D eigenvalue weighted by atomic mass is 19.4. The van der Waals surface area contributed by atoms with E-state index in [2.05, 4.69) is 20.3 Å². The number of pyridine rings is 1. The zero-order valence-corrected chi connectivity index (χ0v) is 23.6. The lowest BCUT2D eigenvalue weighted by atomic mass is 10.2. The van der Waals surface area contributed by atoms with Crippen LogP contribution in [0.4, 0.5) is 22.0 Å². The Kier molecular flexibility index (Phi) is 8.58. The van der Waals surface area contributed by atoms with Crippen LogP contribution >= 0.6 is 0 Å². The van der Waals surface area contributed by atoms with Crippen LogP contribution in [0.15, 0.2) is 59.5 Å². The number of halogens is 5. The van der Waals surface area contributed by atoms with Gasteiger partial charge in [-0.1, -0.05) is 30.3 Å². The maximum Gasteiger partial charge on any atom is 0.425 e. The molecule has 0 aliphatic heterocycles. The van der Waals surface area contributed by atoms with E-state index >= 15 is 4.39 Å². The molecule has 230 valence electrons. The van der Waals surface area contributed by atoms with Gasteiger partial charge in [0.2, 0.25) is 5.88 Å². The van der Waals surface area contributed by atoms with Crippen LogP contribution in [0.1, 0.15) is 30.8 Å². The Labute approximate surface area is 246 Å². The third-order valence-electron chi connectivity index (χ3n) is 6.56. The minimum absolute atomic E-state index is 0.0746. The van der Waals surface area contributed by atoms with Crippen LogP contribution in [0.5, 0.6) is 17.5 Å². The maximum absolute atomic E-state index is 16.1. The number of hydrogen-bond donors (Lipinski definition) is 0. The summed E-state index contributed by atoms with van der Waals surface area (Å²) in [6, 6.07) is 12.7. The topological polar surface area (TPSA) is 106 Å². The second-order valence-corrected chi connectivity index (χ2v) is 9.64. The normalized spacial score (nSPS) is 12.5. The predicted octanol–water partition coefficient (Wildman–Crippen LogP) is 5.82. The van der Waals surface area contributed by atoms with E-state index in [0.29, 0.717) is 10.2 Å². The summed E-state index contributed by atoms with van der Waals surface area (Å²) >= 11 is 0. The summed E-state index contributed by atoms with van der Waals surface area (Å²) in [5.41, 5.74) is 0.376. The van der Waals surface area contributed by atoms with Crippen molar-refractivity contribution in [2.24, 2.45) is 0 Å². The molecule has 2 aromatic carbocycles. The molecule has 10 nitrogen and oxygen atoms in total. The molecular formula is C29H25F5N6O4. The van der Waals surface area contributed by atoms with Gasteiger partial charge in [-0.2, -0.15) is 27.9 Å². The van der Waals surface area contributed by atoms with Crippen molar-refractivity contribution in [3.05, 3.63) is 93.8 Å². The lowest BCUT2D eigenvalue weighted by Crippen LogP contribution is -2.32. The zero-order chi connectivity index (χ0) is 31.6. The van der Waals surface area contributed by atoms with Crippen LogP contribution in [0.25, 0.3) is 16.6 Å². The number of alkyl halides is 3. The summed E-state index contributed by atoms with van der Waals surface area (Å²) in [5, 5.41) is 10.9. The summed E-state index contributed by atoms with van der Waals surface area (Å²) in [4.78, 5) is 17.3. The van der Waals surface area contributed by atoms with Crippen molar-refractivity contribution >= 4 is 10.8 Å². The molecule has 5 aromatic rings. The number of nitrogens with zero attached hydrogens (tertiary/aromatic N) is 6. The van der Waals surface area contributed by atoms with E-state index in [-0.39, 0.29) is 31.3 Å². The molecule has 0 aliphatic carbocycles. The molecule has 0 fully saturated rings. The molecule has 3 aromatic heterocycles. The van der Waals surface area contributed by atoms with Gasteiger partial charge in [0, 0.05) is 6.54 Å². The van der Waals surface area contributed by atoms with E-state index in [1.54, 1.807) is 6.92 Å². The summed E-state index contributed by atoms with van der Waals surface area (Å²) in [7, 11) is 0. The van der Waals surface area contributed by atoms with E-state index in [0.717, 1.165) is 30.8 Å². The van der Waals surface area contributed by atoms with E-state index in [1.807, 2.05) is 30.3 Å². The van der Waals surface area contributed by atoms with E-state index < -0.39 is 58.0 Å². The average Bonchev–Trinajstić information content (AvgIpc) is 3.30. The summed E-state index contributed by atoms with van der Waals surface area (Å²) in [5.74, 6) is -3.44. The summed E-state index contributed by atoms with van der Waals surface area (Å²) < 4.78 is 88.9. The molecule has 0 spiro atoms. The molecule has 5 rings (SSSR count). The molecule has 0 saturated heterocycles. The SMILES string of the molecule is CCn1c(COCc2ccccc2)nn(-c2nc(O[C@@H](C)C(F)(F)F)c3c(Oc4ccc(F)cc4C)nncc3c2F)c1=O. The van der Waals surface area contributed by atoms with Gasteiger partial charge in [0.25, 0.3) is 5.88 Å². The third kappa shape index (κ3) is 6.22. The lowest BCUT2D eigenvalue weighted by molar-refractivity contribution is -0.189. The summed E-state index contributed by atoms with van der Waals surface area (Å²) in [6.45, 7) is 4.12. The zero-order valence-electron chi connectivity index (χ0n) is 23.6. The minimum atomic E-state index is -4.83. The highest BCUT2D eigenvalue weighted by Gasteiger charge is 2.39. The number of rotatable bonds is 10.